The molecule has 0 saturated carbocycles. The minimum Gasteiger partial charge on any atom is -0.260 e. The van der Waals surface area contributed by atoms with Crippen molar-refractivity contribution in [3.05, 3.63) is 66.0 Å². The van der Waals surface area contributed by atoms with E-state index in [0.717, 1.165) is 5.69 Å². The molecule has 0 spiro atoms. The highest BCUT2D eigenvalue weighted by atomic mass is 79.9. The highest BCUT2D eigenvalue weighted by Crippen LogP contribution is 2.28. The second-order valence-corrected chi connectivity index (χ2v) is 3.94. The van der Waals surface area contributed by atoms with Gasteiger partial charge in [-0.25, -0.2) is 0 Å². The van der Waals surface area contributed by atoms with Crippen LogP contribution in [-0.2, 0) is 0 Å². The Kier molecular flexibility index (Phi) is 2.94. The molecule has 0 aliphatic rings. The summed E-state index contributed by atoms with van der Waals surface area (Å²) < 4.78 is 0. The van der Waals surface area contributed by atoms with Crippen molar-refractivity contribution in [3.8, 4) is 0 Å². The van der Waals surface area contributed by atoms with Gasteiger partial charge < -0.3 is 0 Å². The van der Waals surface area contributed by atoms with E-state index in [1.165, 1.54) is 5.56 Å². The average Bonchev–Trinajstić information content (AvgIpc) is 2.30. The van der Waals surface area contributed by atoms with E-state index in [0.29, 0.717) is 0 Å². The normalized spacial score (nSPS) is 12.4. The molecule has 0 fully saturated rings. The predicted molar refractivity (Wildman–Crippen MR) is 61.4 cm³/mol. The summed E-state index contributed by atoms with van der Waals surface area (Å²) in [6, 6.07) is 16.2. The summed E-state index contributed by atoms with van der Waals surface area (Å²) in [7, 11) is 0. The Morgan fingerprint density at radius 1 is 0.929 bits per heavy atom. The van der Waals surface area contributed by atoms with Crippen LogP contribution in [0, 0.1) is 0 Å². The summed E-state index contributed by atoms with van der Waals surface area (Å²) in [6.07, 6.45) is 1.81. The third kappa shape index (κ3) is 2.02. The van der Waals surface area contributed by atoms with E-state index < -0.39 is 0 Å². The molecular weight excluding hydrogens is 238 g/mol. The smallest absolute Gasteiger partial charge is 0.0816 e. The summed E-state index contributed by atoms with van der Waals surface area (Å²) in [5.41, 5.74) is 2.27. The number of nitrogens with zero attached hydrogens (tertiary/aromatic N) is 1. The van der Waals surface area contributed by atoms with E-state index in [2.05, 4.69) is 33.0 Å². The average molecular weight is 248 g/mol. The SMILES string of the molecule is Br[C@@H](c1ccccc1)c1ccccn1. The van der Waals surface area contributed by atoms with E-state index in [9.17, 15) is 0 Å². The lowest BCUT2D eigenvalue weighted by atomic mass is 10.1. The molecule has 0 radical (unpaired) electrons. The predicted octanol–water partition coefficient (Wildman–Crippen LogP) is 3.57. The summed E-state index contributed by atoms with van der Waals surface area (Å²) >= 11 is 3.63. The molecule has 70 valence electrons. The van der Waals surface area contributed by atoms with E-state index >= 15 is 0 Å². The maximum atomic E-state index is 4.31. The first-order chi connectivity index (χ1) is 6.88. The van der Waals surface area contributed by atoms with Crippen LogP contribution in [0.25, 0.3) is 0 Å². The monoisotopic (exact) mass is 247 g/mol. The summed E-state index contributed by atoms with van der Waals surface area (Å²) in [5.74, 6) is 0. The lowest BCUT2D eigenvalue weighted by molar-refractivity contribution is 1.06. The molecule has 2 rings (SSSR count). The van der Waals surface area contributed by atoms with Gasteiger partial charge in [0, 0.05) is 6.20 Å². The van der Waals surface area contributed by atoms with Crippen molar-refractivity contribution in [1.82, 2.24) is 4.98 Å². The quantitative estimate of drug-likeness (QED) is 0.740. The third-order valence-corrected chi connectivity index (χ3v) is 3.04. The van der Waals surface area contributed by atoms with Crippen molar-refractivity contribution < 1.29 is 0 Å². The number of hydrogen-bond acceptors (Lipinski definition) is 1. The Balaban J connectivity index is 2.30. The van der Waals surface area contributed by atoms with Gasteiger partial charge >= 0.3 is 0 Å². The van der Waals surface area contributed by atoms with Crippen molar-refractivity contribution in [2.24, 2.45) is 0 Å². The van der Waals surface area contributed by atoms with Crippen LogP contribution < -0.4 is 0 Å². The van der Waals surface area contributed by atoms with Crippen LogP contribution in [0.15, 0.2) is 54.7 Å². The van der Waals surface area contributed by atoms with Gasteiger partial charge in [0.15, 0.2) is 0 Å². The molecule has 0 aliphatic heterocycles. The minimum absolute atomic E-state index is 0.185. The maximum Gasteiger partial charge on any atom is 0.0816 e. The van der Waals surface area contributed by atoms with E-state index in [-0.39, 0.29) is 4.83 Å². The van der Waals surface area contributed by atoms with Gasteiger partial charge in [-0.1, -0.05) is 52.3 Å². The van der Waals surface area contributed by atoms with Crippen molar-refractivity contribution in [1.29, 1.82) is 0 Å². The van der Waals surface area contributed by atoms with Crippen molar-refractivity contribution in [2.75, 3.05) is 0 Å². The van der Waals surface area contributed by atoms with Crippen molar-refractivity contribution in [3.63, 3.8) is 0 Å². The first-order valence-corrected chi connectivity index (χ1v) is 5.39. The van der Waals surface area contributed by atoms with Gasteiger partial charge in [0.05, 0.1) is 10.5 Å². The highest BCUT2D eigenvalue weighted by molar-refractivity contribution is 9.09. The van der Waals surface area contributed by atoms with Crippen LogP contribution in [-0.4, -0.2) is 4.98 Å². The van der Waals surface area contributed by atoms with Crippen molar-refractivity contribution >= 4 is 15.9 Å². The lowest BCUT2D eigenvalue weighted by Crippen LogP contribution is -1.94. The van der Waals surface area contributed by atoms with Crippen LogP contribution >= 0.6 is 15.9 Å². The zero-order valence-corrected chi connectivity index (χ0v) is 9.18. The molecular formula is C12H10BrN. The fourth-order valence-corrected chi connectivity index (χ4v) is 1.89. The Labute approximate surface area is 91.9 Å². The second kappa shape index (κ2) is 4.38. The number of aromatic nitrogens is 1. The van der Waals surface area contributed by atoms with Crippen LogP contribution in [0.4, 0.5) is 0 Å². The van der Waals surface area contributed by atoms with Gasteiger partial charge in [0.1, 0.15) is 0 Å². The fraction of sp³-hybridized carbons (Fsp3) is 0.0833. The number of hydrogen-bond donors (Lipinski definition) is 0. The number of rotatable bonds is 2. The summed E-state index contributed by atoms with van der Waals surface area (Å²) in [5, 5.41) is 0. The molecule has 1 aromatic carbocycles. The lowest BCUT2D eigenvalue weighted by Gasteiger charge is -2.08. The Bertz CT molecular complexity index is 346. The molecule has 2 aromatic rings. The molecule has 14 heavy (non-hydrogen) atoms. The van der Waals surface area contributed by atoms with Gasteiger partial charge in [-0.15, -0.1) is 0 Å². The standard InChI is InChI=1S/C12H10BrN/c13-12(10-6-2-1-3-7-10)11-8-4-5-9-14-11/h1-9,12H/t12-/m0/s1. The van der Waals surface area contributed by atoms with E-state index in [1.807, 2.05) is 42.6 Å². The second-order valence-electron chi connectivity index (χ2n) is 3.03. The number of alkyl halides is 1. The third-order valence-electron chi connectivity index (χ3n) is 2.04. The van der Waals surface area contributed by atoms with Crippen molar-refractivity contribution in [2.45, 2.75) is 4.83 Å². The zero-order chi connectivity index (χ0) is 9.80. The number of benzene rings is 1. The first-order valence-electron chi connectivity index (χ1n) is 4.48. The molecule has 0 unspecified atom stereocenters. The summed E-state index contributed by atoms with van der Waals surface area (Å²) in [6.45, 7) is 0. The van der Waals surface area contributed by atoms with Gasteiger partial charge in [-0.05, 0) is 17.7 Å². The molecule has 0 aliphatic carbocycles. The Morgan fingerprint density at radius 3 is 2.29 bits per heavy atom. The minimum atomic E-state index is 0.185. The number of halogens is 1. The van der Waals surface area contributed by atoms with Crippen LogP contribution in [0.5, 0.6) is 0 Å². The van der Waals surface area contributed by atoms with Crippen LogP contribution in [0.3, 0.4) is 0 Å². The maximum absolute atomic E-state index is 4.31. The number of pyridine rings is 1. The summed E-state index contributed by atoms with van der Waals surface area (Å²) in [4.78, 5) is 4.49. The van der Waals surface area contributed by atoms with Crippen LogP contribution in [0.2, 0.25) is 0 Å². The molecule has 0 amide bonds. The molecule has 2 heteroatoms. The Morgan fingerprint density at radius 2 is 1.64 bits per heavy atom. The fourth-order valence-electron chi connectivity index (χ4n) is 1.32. The molecule has 1 atom stereocenters. The largest absolute Gasteiger partial charge is 0.260 e. The molecule has 0 bridgehead atoms. The van der Waals surface area contributed by atoms with E-state index in [4.69, 9.17) is 0 Å². The molecule has 0 N–H and O–H groups in total. The van der Waals surface area contributed by atoms with Gasteiger partial charge in [-0.2, -0.15) is 0 Å². The topological polar surface area (TPSA) is 12.9 Å². The van der Waals surface area contributed by atoms with Crippen LogP contribution in [0.1, 0.15) is 16.1 Å². The highest BCUT2D eigenvalue weighted by Gasteiger charge is 2.09. The van der Waals surface area contributed by atoms with Gasteiger partial charge in [-0.3, -0.25) is 4.98 Å². The van der Waals surface area contributed by atoms with Gasteiger partial charge in [0.2, 0.25) is 0 Å². The van der Waals surface area contributed by atoms with E-state index in [1.54, 1.807) is 0 Å². The molecule has 0 saturated heterocycles. The molecule has 1 aromatic heterocycles. The first kappa shape index (κ1) is 9.41. The Hall–Kier alpha value is -1.15. The molecule has 1 nitrogen and oxygen atoms in total. The molecule has 1 heterocycles. The van der Waals surface area contributed by atoms with Gasteiger partial charge in [0.25, 0.3) is 0 Å². The zero-order valence-electron chi connectivity index (χ0n) is 7.60.